The topological polar surface area (TPSA) is 142 Å². The Morgan fingerprint density at radius 1 is 1.19 bits per heavy atom. The van der Waals surface area contributed by atoms with Crippen molar-refractivity contribution in [3.8, 4) is 0 Å². The molecule has 0 aromatic carbocycles. The van der Waals surface area contributed by atoms with Crippen LogP contribution < -0.4 is 16.4 Å². The van der Waals surface area contributed by atoms with Crippen LogP contribution in [0.3, 0.4) is 0 Å². The van der Waals surface area contributed by atoms with Crippen molar-refractivity contribution in [2.75, 3.05) is 13.2 Å². The summed E-state index contributed by atoms with van der Waals surface area (Å²) in [4.78, 5) is 33.6. The molecule has 0 heterocycles. The fourth-order valence-electron chi connectivity index (χ4n) is 1.72. The van der Waals surface area contributed by atoms with E-state index in [1.165, 1.54) is 0 Å². The van der Waals surface area contributed by atoms with Gasteiger partial charge in [0.2, 0.25) is 11.8 Å². The van der Waals surface area contributed by atoms with Crippen molar-refractivity contribution in [1.29, 1.82) is 0 Å². The molecule has 0 rings (SSSR count). The number of unbranched alkanes of at least 4 members (excludes halogenated alkanes) is 2. The summed E-state index contributed by atoms with van der Waals surface area (Å²) in [5.41, 5.74) is 5.12. The first kappa shape index (κ1) is 19.3. The molecule has 0 bridgehead atoms. The molecule has 0 aromatic rings. The van der Waals surface area contributed by atoms with Gasteiger partial charge in [0.25, 0.3) is 0 Å². The van der Waals surface area contributed by atoms with Gasteiger partial charge < -0.3 is 26.6 Å². The number of carboxylic acid groups (broad SMARTS) is 1. The number of rotatable bonds is 12. The van der Waals surface area contributed by atoms with Crippen molar-refractivity contribution in [2.24, 2.45) is 5.73 Å². The molecule has 8 nitrogen and oxygen atoms in total. The number of carbonyl (C=O) groups is 3. The van der Waals surface area contributed by atoms with Gasteiger partial charge in [0.15, 0.2) is 0 Å². The van der Waals surface area contributed by atoms with Crippen molar-refractivity contribution in [3.05, 3.63) is 0 Å². The average Bonchev–Trinajstić information content (AvgIpc) is 2.42. The molecule has 0 aliphatic rings. The molecule has 0 unspecified atom stereocenters. The van der Waals surface area contributed by atoms with E-state index in [4.69, 9.17) is 10.8 Å². The predicted octanol–water partition coefficient (Wildman–Crippen LogP) is -1.04. The number of hydrogen-bond donors (Lipinski definition) is 5. The monoisotopic (exact) mass is 303 g/mol. The molecule has 0 radical (unpaired) electrons. The molecular weight excluding hydrogens is 278 g/mol. The minimum absolute atomic E-state index is 0.0790. The fourth-order valence-corrected chi connectivity index (χ4v) is 1.72. The zero-order valence-corrected chi connectivity index (χ0v) is 12.3. The molecule has 2 atom stereocenters. The summed E-state index contributed by atoms with van der Waals surface area (Å²) in [6.45, 7) is 2.21. The minimum Gasteiger partial charge on any atom is -0.481 e. The van der Waals surface area contributed by atoms with Gasteiger partial charge in [-0.3, -0.25) is 14.4 Å². The minimum atomic E-state index is -1.08. The molecule has 0 fully saturated rings. The Balaban J connectivity index is 4.35. The summed E-state index contributed by atoms with van der Waals surface area (Å²) in [5.74, 6) is -2.44. The largest absolute Gasteiger partial charge is 0.481 e. The number of aliphatic hydroxyl groups excluding tert-OH is 1. The molecule has 0 saturated heterocycles. The number of aliphatic hydroxyl groups is 1. The molecule has 0 saturated carbocycles. The Morgan fingerprint density at radius 2 is 1.86 bits per heavy atom. The lowest BCUT2D eigenvalue weighted by molar-refractivity contribution is -0.138. The van der Waals surface area contributed by atoms with Crippen molar-refractivity contribution >= 4 is 17.8 Å². The van der Waals surface area contributed by atoms with E-state index in [1.54, 1.807) is 0 Å². The summed E-state index contributed by atoms with van der Waals surface area (Å²) in [5, 5.41) is 23.0. The molecule has 8 heteroatoms. The van der Waals surface area contributed by atoms with Crippen molar-refractivity contribution in [3.63, 3.8) is 0 Å². The number of nitrogens with one attached hydrogen (secondary N) is 2. The van der Waals surface area contributed by atoms with Crippen LogP contribution in [0.15, 0.2) is 0 Å². The highest BCUT2D eigenvalue weighted by Gasteiger charge is 2.23. The van der Waals surface area contributed by atoms with Crippen LogP contribution in [0.1, 0.15) is 39.0 Å². The second-order valence-electron chi connectivity index (χ2n) is 4.79. The number of aliphatic carboxylic acids is 1. The van der Waals surface area contributed by atoms with E-state index >= 15 is 0 Å². The van der Waals surface area contributed by atoms with Crippen LogP contribution in [0.2, 0.25) is 0 Å². The van der Waals surface area contributed by atoms with Crippen LogP contribution in [-0.4, -0.2) is 53.2 Å². The van der Waals surface area contributed by atoms with Crippen molar-refractivity contribution in [2.45, 2.75) is 51.1 Å². The third-order valence-electron chi connectivity index (χ3n) is 2.98. The summed E-state index contributed by atoms with van der Waals surface area (Å²) >= 11 is 0. The number of carbonyl (C=O) groups excluding carboxylic acids is 2. The third-order valence-corrected chi connectivity index (χ3v) is 2.98. The highest BCUT2D eigenvalue weighted by molar-refractivity contribution is 5.89. The number of carboxylic acids is 1. The zero-order chi connectivity index (χ0) is 16.3. The Hall–Kier alpha value is -1.67. The SMILES string of the molecule is CCCCCN[C@@H](CO)C(=O)N[C@H](CCC(=O)O)C(N)=O. The normalized spacial score (nSPS) is 13.4. The number of primary amides is 1. The second kappa shape index (κ2) is 11.0. The van der Waals surface area contributed by atoms with Gasteiger partial charge in [-0.15, -0.1) is 0 Å². The Kier molecular flexibility index (Phi) is 10.2. The molecule has 6 N–H and O–H groups in total. The van der Waals surface area contributed by atoms with Gasteiger partial charge in [0.1, 0.15) is 12.1 Å². The standard InChI is InChI=1S/C13H25N3O5/c1-2-3-4-7-15-10(8-17)13(21)16-9(12(14)20)5-6-11(18)19/h9-10,15,17H,2-8H2,1H3,(H2,14,20)(H,16,21)(H,18,19)/t9-,10+/m1/s1. The van der Waals surface area contributed by atoms with Gasteiger partial charge in [0.05, 0.1) is 6.61 Å². The Morgan fingerprint density at radius 3 is 2.33 bits per heavy atom. The smallest absolute Gasteiger partial charge is 0.303 e. The first-order chi connectivity index (χ1) is 9.92. The van der Waals surface area contributed by atoms with Crippen LogP contribution in [0.25, 0.3) is 0 Å². The highest BCUT2D eigenvalue weighted by Crippen LogP contribution is 1.99. The van der Waals surface area contributed by atoms with Gasteiger partial charge in [-0.25, -0.2) is 0 Å². The van der Waals surface area contributed by atoms with Crippen LogP contribution in [0.5, 0.6) is 0 Å². The van der Waals surface area contributed by atoms with E-state index in [9.17, 15) is 19.5 Å². The van der Waals surface area contributed by atoms with E-state index in [0.29, 0.717) is 6.54 Å². The van der Waals surface area contributed by atoms with E-state index in [2.05, 4.69) is 17.6 Å². The maximum atomic E-state index is 11.9. The molecule has 21 heavy (non-hydrogen) atoms. The van der Waals surface area contributed by atoms with Gasteiger partial charge in [-0.05, 0) is 19.4 Å². The lowest BCUT2D eigenvalue weighted by Gasteiger charge is -2.20. The number of amides is 2. The second-order valence-corrected chi connectivity index (χ2v) is 4.79. The van der Waals surface area contributed by atoms with E-state index < -0.39 is 36.5 Å². The maximum absolute atomic E-state index is 11.9. The zero-order valence-electron chi connectivity index (χ0n) is 12.3. The van der Waals surface area contributed by atoms with Crippen LogP contribution in [0.4, 0.5) is 0 Å². The highest BCUT2D eigenvalue weighted by atomic mass is 16.4. The van der Waals surface area contributed by atoms with Crippen molar-refractivity contribution < 1.29 is 24.6 Å². The molecule has 0 spiro atoms. The van der Waals surface area contributed by atoms with Crippen LogP contribution >= 0.6 is 0 Å². The Labute approximate surface area is 124 Å². The summed E-state index contributed by atoms with van der Waals surface area (Å²) in [6, 6.07) is -1.89. The van der Waals surface area contributed by atoms with Crippen LogP contribution in [0, 0.1) is 0 Å². The number of hydrogen-bond acceptors (Lipinski definition) is 5. The molecule has 0 aromatic heterocycles. The third kappa shape index (κ3) is 8.98. The summed E-state index contributed by atoms with van der Waals surface area (Å²) in [6.07, 6.45) is 2.57. The lowest BCUT2D eigenvalue weighted by Crippen LogP contribution is -2.53. The van der Waals surface area contributed by atoms with E-state index in [0.717, 1.165) is 19.3 Å². The predicted molar refractivity (Wildman–Crippen MR) is 76.4 cm³/mol. The average molecular weight is 303 g/mol. The molecule has 122 valence electrons. The molecule has 0 aliphatic carbocycles. The molecule has 0 aliphatic heterocycles. The van der Waals surface area contributed by atoms with Gasteiger partial charge in [-0.2, -0.15) is 0 Å². The van der Waals surface area contributed by atoms with E-state index in [1.807, 2.05) is 0 Å². The van der Waals surface area contributed by atoms with Gasteiger partial charge >= 0.3 is 5.97 Å². The summed E-state index contributed by atoms with van der Waals surface area (Å²) in [7, 11) is 0. The van der Waals surface area contributed by atoms with E-state index in [-0.39, 0.29) is 12.8 Å². The summed E-state index contributed by atoms with van der Waals surface area (Å²) < 4.78 is 0. The van der Waals surface area contributed by atoms with Crippen LogP contribution in [-0.2, 0) is 14.4 Å². The van der Waals surface area contributed by atoms with Gasteiger partial charge in [-0.1, -0.05) is 19.8 Å². The number of nitrogens with two attached hydrogens (primary N) is 1. The first-order valence-corrected chi connectivity index (χ1v) is 7.08. The lowest BCUT2D eigenvalue weighted by atomic mass is 10.1. The quantitative estimate of drug-likeness (QED) is 0.292. The Bertz CT molecular complexity index is 349. The maximum Gasteiger partial charge on any atom is 0.303 e. The molecule has 2 amide bonds. The van der Waals surface area contributed by atoms with Gasteiger partial charge in [0, 0.05) is 6.42 Å². The fraction of sp³-hybridized carbons (Fsp3) is 0.769. The molecular formula is C13H25N3O5. The van der Waals surface area contributed by atoms with Crippen molar-refractivity contribution in [1.82, 2.24) is 10.6 Å². The first-order valence-electron chi connectivity index (χ1n) is 7.08.